The van der Waals surface area contributed by atoms with Crippen molar-refractivity contribution in [2.75, 3.05) is 45.8 Å². The molecule has 2 aromatic carbocycles. The first-order valence-electron chi connectivity index (χ1n) is 13.1. The van der Waals surface area contributed by atoms with Gasteiger partial charge in [0.1, 0.15) is 0 Å². The average molecular weight is 484 g/mol. The van der Waals surface area contributed by atoms with Gasteiger partial charge in [0.15, 0.2) is 5.82 Å². The van der Waals surface area contributed by atoms with E-state index in [-0.39, 0.29) is 17.2 Å². The minimum absolute atomic E-state index is 0.0398. The minimum atomic E-state index is -0.0398. The SMILES string of the molecule is O=C(c1nc2ccccc2[nH]1)N1CCC2(CC1)CC2C(=O)N1CCN(C/C=C/c2ccccc2)CC1. The largest absolute Gasteiger partial charge is 0.340 e. The molecule has 2 saturated heterocycles. The van der Waals surface area contributed by atoms with Crippen molar-refractivity contribution < 1.29 is 9.59 Å². The number of rotatable bonds is 5. The summed E-state index contributed by atoms with van der Waals surface area (Å²) in [6.07, 6.45) is 7.15. The average Bonchev–Trinajstić information content (AvgIpc) is 3.43. The van der Waals surface area contributed by atoms with Crippen molar-refractivity contribution in [3.63, 3.8) is 0 Å². The Morgan fingerprint density at radius 3 is 2.39 bits per heavy atom. The normalized spacial score (nSPS) is 21.9. The highest BCUT2D eigenvalue weighted by Crippen LogP contribution is 2.60. The fourth-order valence-corrected chi connectivity index (χ4v) is 5.88. The van der Waals surface area contributed by atoms with Gasteiger partial charge in [-0.25, -0.2) is 4.98 Å². The topological polar surface area (TPSA) is 72.5 Å². The number of hydrogen-bond acceptors (Lipinski definition) is 4. The molecule has 3 aliphatic rings. The lowest BCUT2D eigenvalue weighted by atomic mass is 9.90. The number of imidazole rings is 1. The summed E-state index contributed by atoms with van der Waals surface area (Å²) in [5.74, 6) is 0.825. The number of H-pyrrole nitrogens is 1. The van der Waals surface area contributed by atoms with E-state index in [0.717, 1.165) is 63.0 Å². The van der Waals surface area contributed by atoms with Crippen LogP contribution in [-0.4, -0.2) is 82.3 Å². The lowest BCUT2D eigenvalue weighted by Gasteiger charge is -2.36. The van der Waals surface area contributed by atoms with Gasteiger partial charge in [-0.05, 0) is 42.4 Å². The smallest absolute Gasteiger partial charge is 0.289 e. The maximum atomic E-state index is 13.3. The lowest BCUT2D eigenvalue weighted by molar-refractivity contribution is -0.135. The number of nitrogens with one attached hydrogen (secondary N) is 1. The zero-order chi connectivity index (χ0) is 24.5. The fraction of sp³-hybridized carbons (Fsp3) is 0.414. The summed E-state index contributed by atoms with van der Waals surface area (Å²) in [6, 6.07) is 18.1. The third-order valence-corrected chi connectivity index (χ3v) is 8.28. The summed E-state index contributed by atoms with van der Waals surface area (Å²) in [5, 5.41) is 0. The molecule has 0 radical (unpaired) electrons. The van der Waals surface area contributed by atoms with E-state index in [9.17, 15) is 9.59 Å². The lowest BCUT2D eigenvalue weighted by Crippen LogP contribution is -2.49. The van der Waals surface area contributed by atoms with Crippen LogP contribution in [-0.2, 0) is 4.79 Å². The third kappa shape index (κ3) is 4.55. The number of piperidine rings is 1. The van der Waals surface area contributed by atoms with Gasteiger partial charge >= 0.3 is 0 Å². The van der Waals surface area contributed by atoms with Gasteiger partial charge in [-0.15, -0.1) is 0 Å². The summed E-state index contributed by atoms with van der Waals surface area (Å²) < 4.78 is 0. The van der Waals surface area contributed by atoms with Gasteiger partial charge in [-0.2, -0.15) is 0 Å². The molecule has 1 aliphatic carbocycles. The molecule has 6 rings (SSSR count). The first kappa shape index (κ1) is 23.0. The quantitative estimate of drug-likeness (QED) is 0.601. The summed E-state index contributed by atoms with van der Waals surface area (Å²) in [5.41, 5.74) is 3.01. The number of hydrogen-bond donors (Lipinski definition) is 1. The molecule has 1 unspecified atom stereocenters. The number of aromatic nitrogens is 2. The van der Waals surface area contributed by atoms with Crippen LogP contribution in [0.3, 0.4) is 0 Å². The monoisotopic (exact) mass is 483 g/mol. The molecule has 3 heterocycles. The Balaban J connectivity index is 0.971. The Hall–Kier alpha value is -3.45. The highest BCUT2D eigenvalue weighted by atomic mass is 16.2. The molecule has 3 fully saturated rings. The van der Waals surface area contributed by atoms with E-state index in [4.69, 9.17) is 0 Å². The Morgan fingerprint density at radius 1 is 0.917 bits per heavy atom. The van der Waals surface area contributed by atoms with Crippen LogP contribution in [0.25, 0.3) is 17.1 Å². The fourth-order valence-electron chi connectivity index (χ4n) is 5.88. The van der Waals surface area contributed by atoms with Gasteiger partial charge in [0.2, 0.25) is 5.91 Å². The first-order valence-corrected chi connectivity index (χ1v) is 13.1. The van der Waals surface area contributed by atoms with Gasteiger partial charge < -0.3 is 14.8 Å². The van der Waals surface area contributed by atoms with Crippen molar-refractivity contribution in [3.05, 3.63) is 72.1 Å². The second-order valence-electron chi connectivity index (χ2n) is 10.5. The number of carbonyl (C=O) groups is 2. The number of carbonyl (C=O) groups excluding carboxylic acids is 2. The number of aromatic amines is 1. The molecular weight excluding hydrogens is 450 g/mol. The van der Waals surface area contributed by atoms with Crippen LogP contribution in [0.15, 0.2) is 60.7 Å². The van der Waals surface area contributed by atoms with Crippen LogP contribution >= 0.6 is 0 Å². The van der Waals surface area contributed by atoms with Gasteiger partial charge in [-0.1, -0.05) is 54.6 Å². The maximum Gasteiger partial charge on any atom is 0.289 e. The van der Waals surface area contributed by atoms with Crippen molar-refractivity contribution in [2.45, 2.75) is 19.3 Å². The zero-order valence-corrected chi connectivity index (χ0v) is 20.6. The second kappa shape index (κ2) is 9.54. The molecule has 7 heteroatoms. The van der Waals surface area contributed by atoms with Crippen molar-refractivity contribution >= 4 is 28.9 Å². The summed E-state index contributed by atoms with van der Waals surface area (Å²) in [6.45, 7) is 5.76. The minimum Gasteiger partial charge on any atom is -0.340 e. The Morgan fingerprint density at radius 2 is 1.64 bits per heavy atom. The number of para-hydroxylation sites is 2. The highest BCUT2D eigenvalue weighted by Gasteiger charge is 2.59. The number of benzene rings is 2. The molecule has 1 N–H and O–H groups in total. The molecule has 1 spiro atoms. The van der Waals surface area contributed by atoms with Crippen molar-refractivity contribution in [1.82, 2.24) is 24.7 Å². The van der Waals surface area contributed by atoms with Crippen LogP contribution in [0.1, 0.15) is 35.4 Å². The van der Waals surface area contributed by atoms with E-state index >= 15 is 0 Å². The molecule has 1 atom stereocenters. The predicted octanol–water partition coefficient (Wildman–Crippen LogP) is 3.66. The van der Waals surface area contributed by atoms with Crippen LogP contribution in [0.2, 0.25) is 0 Å². The molecule has 1 aromatic heterocycles. The third-order valence-electron chi connectivity index (χ3n) is 8.28. The standard InChI is InChI=1S/C29H33N5O2/c35-27(34-19-17-32(18-20-34)14-6-9-22-7-2-1-3-8-22)23-21-29(23)12-15-33(16-13-29)28(36)26-30-24-10-4-5-11-25(24)31-26/h1-11,23H,12-21H2,(H,30,31)/b9-6+. The predicted molar refractivity (Wildman–Crippen MR) is 140 cm³/mol. The van der Waals surface area contributed by atoms with Gasteiger partial charge in [-0.3, -0.25) is 14.5 Å². The molecule has 2 aliphatic heterocycles. The Labute approximate surface area is 211 Å². The molecule has 2 amide bonds. The molecular formula is C29H33N5O2. The van der Waals surface area contributed by atoms with Gasteiger partial charge in [0, 0.05) is 51.7 Å². The van der Waals surface area contributed by atoms with Crippen molar-refractivity contribution in [2.24, 2.45) is 11.3 Å². The van der Waals surface area contributed by atoms with E-state index in [1.54, 1.807) is 0 Å². The van der Waals surface area contributed by atoms with E-state index in [2.05, 4.69) is 56.2 Å². The molecule has 3 aromatic rings. The van der Waals surface area contributed by atoms with E-state index < -0.39 is 0 Å². The number of likely N-dealkylation sites (tertiary alicyclic amines) is 1. The van der Waals surface area contributed by atoms with E-state index in [1.165, 1.54) is 5.56 Å². The molecule has 36 heavy (non-hydrogen) atoms. The van der Waals surface area contributed by atoms with Crippen molar-refractivity contribution in [3.8, 4) is 0 Å². The zero-order valence-electron chi connectivity index (χ0n) is 20.6. The summed E-state index contributed by atoms with van der Waals surface area (Å²) in [4.78, 5) is 40.3. The molecule has 1 saturated carbocycles. The Bertz CT molecular complexity index is 1230. The van der Waals surface area contributed by atoms with E-state index in [1.807, 2.05) is 35.2 Å². The van der Waals surface area contributed by atoms with Gasteiger partial charge in [0.05, 0.1) is 11.0 Å². The van der Waals surface area contributed by atoms with Crippen LogP contribution in [0, 0.1) is 11.3 Å². The number of fused-ring (bicyclic) bond motifs is 1. The summed E-state index contributed by atoms with van der Waals surface area (Å²) >= 11 is 0. The Kier molecular flexibility index (Phi) is 6.09. The first-order chi connectivity index (χ1) is 17.6. The number of nitrogens with zero attached hydrogens (tertiary/aromatic N) is 4. The number of piperazine rings is 1. The molecule has 0 bridgehead atoms. The second-order valence-corrected chi connectivity index (χ2v) is 10.5. The van der Waals surface area contributed by atoms with Crippen molar-refractivity contribution in [1.29, 1.82) is 0 Å². The molecule has 186 valence electrons. The van der Waals surface area contributed by atoms with Crippen LogP contribution < -0.4 is 0 Å². The van der Waals surface area contributed by atoms with E-state index in [0.29, 0.717) is 24.8 Å². The number of amides is 2. The molecule has 7 nitrogen and oxygen atoms in total. The highest BCUT2D eigenvalue weighted by molar-refractivity contribution is 5.94. The van der Waals surface area contributed by atoms with Crippen LogP contribution in [0.5, 0.6) is 0 Å². The summed E-state index contributed by atoms with van der Waals surface area (Å²) in [7, 11) is 0. The van der Waals surface area contributed by atoms with Gasteiger partial charge in [0.25, 0.3) is 5.91 Å². The van der Waals surface area contributed by atoms with Crippen LogP contribution in [0.4, 0.5) is 0 Å². The maximum absolute atomic E-state index is 13.3.